The molecule has 2 aromatic carbocycles. The number of carbonyl (C=O) groups excluding carboxylic acids is 1. The van der Waals surface area contributed by atoms with Gasteiger partial charge >= 0.3 is 0 Å². The van der Waals surface area contributed by atoms with Crippen molar-refractivity contribution in [2.75, 3.05) is 26.9 Å². The fourth-order valence-electron chi connectivity index (χ4n) is 4.51. The Hall–Kier alpha value is -3.04. The van der Waals surface area contributed by atoms with Gasteiger partial charge in [-0.25, -0.2) is 0 Å². The third-order valence-electron chi connectivity index (χ3n) is 6.12. The number of amides is 1. The number of benzene rings is 2. The third-order valence-corrected chi connectivity index (χ3v) is 6.42. The molecule has 9 heteroatoms. The smallest absolute Gasteiger partial charge is 0.276 e. The van der Waals surface area contributed by atoms with Crippen molar-refractivity contribution in [1.82, 2.24) is 14.9 Å². The number of aliphatic hydroxyl groups excluding tert-OH is 2. The summed E-state index contributed by atoms with van der Waals surface area (Å²) in [5.74, 6) is -0.191. The maximum Gasteiger partial charge on any atom is 0.276 e. The lowest BCUT2D eigenvalue weighted by Crippen LogP contribution is -2.59. The number of para-hydroxylation sites is 1. The van der Waals surface area contributed by atoms with E-state index in [1.54, 1.807) is 29.3 Å². The van der Waals surface area contributed by atoms with E-state index in [0.717, 1.165) is 16.7 Å². The fraction of sp³-hybridized carbons (Fsp3) is 0.292. The van der Waals surface area contributed by atoms with Crippen LogP contribution in [-0.2, 0) is 16.1 Å². The lowest BCUT2D eigenvalue weighted by atomic mass is 9.94. The highest BCUT2D eigenvalue weighted by molar-refractivity contribution is 6.32. The van der Waals surface area contributed by atoms with Gasteiger partial charge < -0.3 is 24.6 Å². The predicted octanol–water partition coefficient (Wildman–Crippen LogP) is 2.94. The predicted molar refractivity (Wildman–Crippen MR) is 121 cm³/mol. The molecule has 0 radical (unpaired) electrons. The molecule has 33 heavy (non-hydrogen) atoms. The molecule has 0 aliphatic carbocycles. The van der Waals surface area contributed by atoms with Crippen LogP contribution in [0.1, 0.15) is 22.7 Å². The molecule has 1 fully saturated rings. The van der Waals surface area contributed by atoms with Crippen molar-refractivity contribution in [3.63, 3.8) is 0 Å². The van der Waals surface area contributed by atoms with Crippen molar-refractivity contribution >= 4 is 17.5 Å². The molecule has 3 aliphatic heterocycles. The Kier molecular flexibility index (Phi) is 5.76. The summed E-state index contributed by atoms with van der Waals surface area (Å²) in [6.07, 6.45) is 1.81. The van der Waals surface area contributed by atoms with Crippen LogP contribution in [-0.4, -0.2) is 64.1 Å². The number of hydrogen-bond donors (Lipinski definition) is 2. The molecular weight excluding hydrogens is 446 g/mol. The molecule has 2 aromatic rings. The number of methoxy groups -OCH3 is 1. The first kappa shape index (κ1) is 21.8. The first-order valence-electron chi connectivity index (χ1n) is 10.6. The van der Waals surface area contributed by atoms with E-state index in [-0.39, 0.29) is 30.1 Å². The Morgan fingerprint density at radius 1 is 1.18 bits per heavy atom. The summed E-state index contributed by atoms with van der Waals surface area (Å²) in [6.45, 7) is 1.23. The molecule has 0 aromatic heterocycles. The second-order valence-corrected chi connectivity index (χ2v) is 8.46. The molecule has 0 saturated carbocycles. The van der Waals surface area contributed by atoms with Crippen LogP contribution < -0.4 is 4.74 Å². The molecule has 0 spiro atoms. The summed E-state index contributed by atoms with van der Waals surface area (Å²) in [7, 11) is 1.57. The summed E-state index contributed by atoms with van der Waals surface area (Å²) in [6, 6.07) is 13.2. The van der Waals surface area contributed by atoms with E-state index < -0.39 is 6.10 Å². The van der Waals surface area contributed by atoms with Crippen molar-refractivity contribution in [2.45, 2.75) is 18.8 Å². The van der Waals surface area contributed by atoms with Crippen LogP contribution in [0.25, 0.3) is 0 Å². The van der Waals surface area contributed by atoms with Gasteiger partial charge in [-0.05, 0) is 23.3 Å². The zero-order chi connectivity index (χ0) is 23.1. The minimum atomic E-state index is -1.25. The van der Waals surface area contributed by atoms with Gasteiger partial charge in [0.1, 0.15) is 18.5 Å². The molecule has 5 rings (SSSR count). The van der Waals surface area contributed by atoms with Crippen LogP contribution in [0, 0.1) is 0 Å². The number of nitrogens with zero attached hydrogens (tertiary/aromatic N) is 3. The van der Waals surface area contributed by atoms with Gasteiger partial charge in [-0.3, -0.25) is 9.80 Å². The number of hydrazine groups is 1. The number of rotatable bonds is 4. The van der Waals surface area contributed by atoms with Crippen molar-refractivity contribution in [2.24, 2.45) is 0 Å². The molecule has 0 bridgehead atoms. The zero-order valence-corrected chi connectivity index (χ0v) is 18.8. The number of carbonyl (C=O) groups is 1. The normalized spacial score (nSPS) is 22.5. The van der Waals surface area contributed by atoms with Crippen molar-refractivity contribution in [3.05, 3.63) is 87.9 Å². The van der Waals surface area contributed by atoms with E-state index in [9.17, 15) is 15.0 Å². The topological polar surface area (TPSA) is 85.7 Å². The van der Waals surface area contributed by atoms with Gasteiger partial charge in [0.25, 0.3) is 5.91 Å². The van der Waals surface area contributed by atoms with Gasteiger partial charge in [0.15, 0.2) is 11.5 Å². The number of fused-ring (bicyclic) bond motifs is 3. The SMILES string of the molecule is COCCN1CN(C2c3ccccc3COc3c(Cl)cccc32)N2C=CC(O)C(O)=C2C1=O. The van der Waals surface area contributed by atoms with E-state index in [4.69, 9.17) is 21.1 Å². The Morgan fingerprint density at radius 3 is 2.79 bits per heavy atom. The lowest BCUT2D eigenvalue weighted by molar-refractivity contribution is -0.150. The molecule has 2 unspecified atom stereocenters. The van der Waals surface area contributed by atoms with Crippen LogP contribution in [0.2, 0.25) is 5.02 Å². The highest BCUT2D eigenvalue weighted by atomic mass is 35.5. The Bertz CT molecular complexity index is 1150. The quantitative estimate of drug-likeness (QED) is 0.712. The van der Waals surface area contributed by atoms with Crippen LogP contribution in [0.4, 0.5) is 0 Å². The highest BCUT2D eigenvalue weighted by Crippen LogP contribution is 2.45. The molecule has 1 saturated heterocycles. The average Bonchev–Trinajstić information content (AvgIpc) is 2.98. The molecule has 8 nitrogen and oxygen atoms in total. The van der Waals surface area contributed by atoms with E-state index in [1.165, 1.54) is 6.08 Å². The van der Waals surface area contributed by atoms with Gasteiger partial charge in [-0.15, -0.1) is 0 Å². The van der Waals surface area contributed by atoms with Gasteiger partial charge in [-0.1, -0.05) is 48.0 Å². The summed E-state index contributed by atoms with van der Waals surface area (Å²) in [5.41, 5.74) is 2.84. The van der Waals surface area contributed by atoms with Crippen LogP contribution in [0.15, 0.2) is 66.2 Å². The standard InChI is InChI=1S/C24H24ClN3O5/c1-32-12-11-26-14-28(27-10-9-19(29)22(30)21(27)24(26)31)20-16-6-3-2-5-15(16)13-33-23-17(20)7-4-8-18(23)25/h2-10,19-20,29-30H,11-14H2,1H3. The van der Waals surface area contributed by atoms with Crippen LogP contribution in [0.5, 0.6) is 5.75 Å². The highest BCUT2D eigenvalue weighted by Gasteiger charge is 2.44. The molecule has 172 valence electrons. The lowest BCUT2D eigenvalue weighted by Gasteiger charge is -2.48. The summed E-state index contributed by atoms with van der Waals surface area (Å²) >= 11 is 6.53. The molecule has 1 amide bonds. The van der Waals surface area contributed by atoms with Gasteiger partial charge in [0.05, 0.1) is 24.3 Å². The van der Waals surface area contributed by atoms with Crippen LogP contribution >= 0.6 is 11.6 Å². The van der Waals surface area contributed by atoms with Crippen molar-refractivity contribution < 1.29 is 24.5 Å². The summed E-state index contributed by atoms with van der Waals surface area (Å²) in [5, 5.41) is 25.0. The summed E-state index contributed by atoms with van der Waals surface area (Å²) in [4.78, 5) is 14.8. The maximum atomic E-state index is 13.3. The van der Waals surface area contributed by atoms with E-state index in [2.05, 4.69) is 0 Å². The van der Waals surface area contributed by atoms with Gasteiger partial charge in [0, 0.05) is 25.4 Å². The summed E-state index contributed by atoms with van der Waals surface area (Å²) < 4.78 is 11.3. The van der Waals surface area contributed by atoms with E-state index in [1.807, 2.05) is 41.4 Å². The third kappa shape index (κ3) is 3.65. The number of halogens is 1. The minimum Gasteiger partial charge on any atom is -0.507 e. The molecule has 3 heterocycles. The molecule has 2 atom stereocenters. The monoisotopic (exact) mass is 469 g/mol. The second kappa shape index (κ2) is 8.72. The second-order valence-electron chi connectivity index (χ2n) is 8.06. The van der Waals surface area contributed by atoms with Crippen molar-refractivity contribution in [3.8, 4) is 5.75 Å². The Balaban J connectivity index is 1.69. The average molecular weight is 470 g/mol. The maximum absolute atomic E-state index is 13.3. The number of aliphatic hydroxyl groups is 2. The van der Waals surface area contributed by atoms with Crippen molar-refractivity contribution in [1.29, 1.82) is 0 Å². The molecular formula is C24H24ClN3O5. The van der Waals surface area contributed by atoms with E-state index >= 15 is 0 Å². The number of hydrogen-bond acceptors (Lipinski definition) is 7. The van der Waals surface area contributed by atoms with Gasteiger partial charge in [0.2, 0.25) is 0 Å². The number of ether oxygens (including phenoxy) is 2. The zero-order valence-electron chi connectivity index (χ0n) is 18.0. The Morgan fingerprint density at radius 2 is 1.97 bits per heavy atom. The molecule has 3 aliphatic rings. The largest absolute Gasteiger partial charge is 0.507 e. The first-order valence-corrected chi connectivity index (χ1v) is 11.0. The van der Waals surface area contributed by atoms with Crippen LogP contribution in [0.3, 0.4) is 0 Å². The Labute approximate surface area is 196 Å². The van der Waals surface area contributed by atoms with Gasteiger partial charge in [-0.2, -0.15) is 5.01 Å². The minimum absolute atomic E-state index is 0.0126. The first-order chi connectivity index (χ1) is 16.0. The van der Waals surface area contributed by atoms with E-state index in [0.29, 0.717) is 30.5 Å². The fourth-order valence-corrected chi connectivity index (χ4v) is 4.75. The molecule has 2 N–H and O–H groups in total.